The number of hydrogen-bond donors (Lipinski definition) is 1. The van der Waals surface area contributed by atoms with Crippen LogP contribution >= 0.6 is 0 Å². The van der Waals surface area contributed by atoms with Crippen LogP contribution in [0.2, 0.25) is 0 Å². The van der Waals surface area contributed by atoms with Crippen molar-refractivity contribution in [2.75, 3.05) is 27.3 Å². The molecule has 0 aromatic heterocycles. The summed E-state index contributed by atoms with van der Waals surface area (Å²) >= 11 is 0. The Kier molecular flexibility index (Phi) is 5.85. The van der Waals surface area contributed by atoms with Gasteiger partial charge in [-0.3, -0.25) is 9.59 Å². The van der Waals surface area contributed by atoms with Crippen LogP contribution in [0.15, 0.2) is 42.5 Å². The Morgan fingerprint density at radius 3 is 2.32 bits per heavy atom. The molecule has 1 heterocycles. The van der Waals surface area contributed by atoms with E-state index in [0.29, 0.717) is 61.4 Å². The second-order valence-electron chi connectivity index (χ2n) is 8.17. The maximum atomic E-state index is 14.2. The maximum Gasteiger partial charge on any atom is 0.253 e. The molecule has 164 valence electrons. The van der Waals surface area contributed by atoms with Gasteiger partial charge in [-0.05, 0) is 49.9 Å². The van der Waals surface area contributed by atoms with Crippen molar-refractivity contribution < 1.29 is 23.5 Å². The lowest BCUT2D eigenvalue weighted by atomic mass is 9.93. The molecule has 7 heteroatoms. The van der Waals surface area contributed by atoms with E-state index in [2.05, 4.69) is 5.32 Å². The number of rotatable bonds is 6. The first-order valence-corrected chi connectivity index (χ1v) is 10.6. The molecule has 4 rings (SSSR count). The lowest BCUT2D eigenvalue weighted by molar-refractivity contribution is -0.124. The van der Waals surface area contributed by atoms with E-state index in [-0.39, 0.29) is 23.7 Å². The summed E-state index contributed by atoms with van der Waals surface area (Å²) in [6, 6.07) is 11.6. The number of ether oxygens (including phenoxy) is 2. The third-order valence-corrected chi connectivity index (χ3v) is 6.32. The molecule has 1 N–H and O–H groups in total. The molecule has 2 aliphatic rings. The molecule has 1 saturated heterocycles. The largest absolute Gasteiger partial charge is 0.493 e. The molecule has 0 radical (unpaired) electrons. The Morgan fingerprint density at radius 1 is 1.03 bits per heavy atom. The van der Waals surface area contributed by atoms with E-state index in [9.17, 15) is 14.0 Å². The Balaban J connectivity index is 1.35. The molecule has 0 spiro atoms. The van der Waals surface area contributed by atoms with Gasteiger partial charge in [0.2, 0.25) is 5.91 Å². The van der Waals surface area contributed by atoms with Crippen LogP contribution in [0, 0.1) is 5.82 Å². The van der Waals surface area contributed by atoms with Gasteiger partial charge in [0.25, 0.3) is 5.91 Å². The fourth-order valence-corrected chi connectivity index (χ4v) is 4.30. The summed E-state index contributed by atoms with van der Waals surface area (Å²) in [5.41, 5.74) is 0.281. The fourth-order valence-electron chi connectivity index (χ4n) is 4.30. The van der Waals surface area contributed by atoms with Gasteiger partial charge in [-0.2, -0.15) is 0 Å². The summed E-state index contributed by atoms with van der Waals surface area (Å²) in [5, 5.41) is 3.10. The zero-order valence-electron chi connectivity index (χ0n) is 17.8. The Labute approximate surface area is 181 Å². The van der Waals surface area contributed by atoms with Crippen LogP contribution in [0.25, 0.3) is 0 Å². The third-order valence-electron chi connectivity index (χ3n) is 6.32. The van der Waals surface area contributed by atoms with Gasteiger partial charge >= 0.3 is 0 Å². The van der Waals surface area contributed by atoms with Gasteiger partial charge in [0.15, 0.2) is 11.5 Å². The van der Waals surface area contributed by atoms with Crippen molar-refractivity contribution in [3.8, 4) is 11.5 Å². The summed E-state index contributed by atoms with van der Waals surface area (Å²) < 4.78 is 24.7. The van der Waals surface area contributed by atoms with Crippen molar-refractivity contribution in [2.45, 2.75) is 37.1 Å². The molecule has 2 aromatic carbocycles. The molecule has 1 aliphatic carbocycles. The fraction of sp³-hybridized carbons (Fsp3) is 0.417. The number of nitrogens with zero attached hydrogens (tertiary/aromatic N) is 1. The maximum absolute atomic E-state index is 14.2. The number of hydrogen-bond acceptors (Lipinski definition) is 4. The lowest BCUT2D eigenvalue weighted by Gasteiger charge is -2.33. The molecule has 1 saturated carbocycles. The van der Waals surface area contributed by atoms with E-state index in [1.165, 1.54) is 13.2 Å². The molecule has 2 amide bonds. The highest BCUT2D eigenvalue weighted by Crippen LogP contribution is 2.49. The smallest absolute Gasteiger partial charge is 0.253 e. The highest BCUT2D eigenvalue weighted by atomic mass is 19.1. The number of carbonyl (C=O) groups is 2. The molecule has 0 unspecified atom stereocenters. The van der Waals surface area contributed by atoms with Crippen molar-refractivity contribution in [3.05, 3.63) is 59.4 Å². The molecule has 31 heavy (non-hydrogen) atoms. The quantitative estimate of drug-likeness (QED) is 0.770. The first kappa shape index (κ1) is 21.2. The standard InChI is InChI=1S/C24H27FN2O4/c1-30-20-8-7-16(15-21(20)31-2)22(28)27-13-9-17(10-14-27)26-23(29)24(11-12-24)18-5-3-4-6-19(18)25/h3-8,15,17H,9-14H2,1-2H3,(H,26,29). The molecule has 6 nitrogen and oxygen atoms in total. The first-order chi connectivity index (χ1) is 15.0. The van der Waals surface area contributed by atoms with Crippen molar-refractivity contribution in [3.63, 3.8) is 0 Å². The van der Waals surface area contributed by atoms with E-state index < -0.39 is 5.41 Å². The van der Waals surface area contributed by atoms with Crippen LogP contribution in [0.5, 0.6) is 11.5 Å². The van der Waals surface area contributed by atoms with Crippen molar-refractivity contribution >= 4 is 11.8 Å². The summed E-state index contributed by atoms with van der Waals surface area (Å²) in [4.78, 5) is 27.6. The number of carbonyl (C=O) groups excluding carboxylic acids is 2. The average Bonchev–Trinajstić information content (AvgIpc) is 3.61. The van der Waals surface area contributed by atoms with Crippen LogP contribution < -0.4 is 14.8 Å². The monoisotopic (exact) mass is 426 g/mol. The van der Waals surface area contributed by atoms with Crippen molar-refractivity contribution in [1.82, 2.24) is 10.2 Å². The predicted molar refractivity (Wildman–Crippen MR) is 114 cm³/mol. The average molecular weight is 426 g/mol. The van der Waals surface area contributed by atoms with Gasteiger partial charge in [0.05, 0.1) is 19.6 Å². The van der Waals surface area contributed by atoms with Crippen molar-refractivity contribution in [1.29, 1.82) is 0 Å². The zero-order valence-corrected chi connectivity index (χ0v) is 17.8. The summed E-state index contributed by atoms with van der Waals surface area (Å²) in [7, 11) is 3.09. The van der Waals surface area contributed by atoms with E-state index >= 15 is 0 Å². The minimum absolute atomic E-state index is 0.0220. The number of nitrogens with one attached hydrogen (secondary N) is 1. The van der Waals surface area contributed by atoms with Crippen molar-refractivity contribution in [2.24, 2.45) is 0 Å². The van der Waals surface area contributed by atoms with E-state index in [4.69, 9.17) is 9.47 Å². The second-order valence-corrected chi connectivity index (χ2v) is 8.17. The van der Waals surface area contributed by atoms with E-state index in [1.807, 2.05) is 0 Å². The SMILES string of the molecule is COc1ccc(C(=O)N2CCC(NC(=O)C3(c4ccccc4F)CC3)CC2)cc1OC. The Bertz CT molecular complexity index is 981. The van der Waals surface area contributed by atoms with Crippen LogP contribution in [0.3, 0.4) is 0 Å². The first-order valence-electron chi connectivity index (χ1n) is 10.6. The minimum atomic E-state index is -0.738. The number of halogens is 1. The minimum Gasteiger partial charge on any atom is -0.493 e. The van der Waals surface area contributed by atoms with Crippen LogP contribution in [-0.2, 0) is 10.2 Å². The van der Waals surface area contributed by atoms with Gasteiger partial charge in [0, 0.05) is 30.3 Å². The van der Waals surface area contributed by atoms with Gasteiger partial charge in [0.1, 0.15) is 5.82 Å². The van der Waals surface area contributed by atoms with Gasteiger partial charge in [-0.1, -0.05) is 18.2 Å². The molecule has 0 bridgehead atoms. The van der Waals surface area contributed by atoms with E-state index in [1.54, 1.807) is 48.4 Å². The highest BCUT2D eigenvalue weighted by Gasteiger charge is 2.53. The van der Waals surface area contributed by atoms with Crippen LogP contribution in [0.1, 0.15) is 41.6 Å². The Hall–Kier alpha value is -3.09. The summed E-state index contributed by atoms with van der Waals surface area (Å²) in [5.74, 6) is 0.575. The molecular formula is C24H27FN2O4. The molecular weight excluding hydrogens is 399 g/mol. The van der Waals surface area contributed by atoms with E-state index in [0.717, 1.165) is 0 Å². The molecule has 2 aromatic rings. The number of likely N-dealkylation sites (tertiary alicyclic amines) is 1. The molecule has 1 aliphatic heterocycles. The topological polar surface area (TPSA) is 67.9 Å². The van der Waals surface area contributed by atoms with Gasteiger partial charge in [-0.15, -0.1) is 0 Å². The molecule has 2 fully saturated rings. The number of amides is 2. The molecule has 0 atom stereocenters. The van der Waals surface area contributed by atoms with Gasteiger partial charge < -0.3 is 19.7 Å². The van der Waals surface area contributed by atoms with Crippen LogP contribution in [0.4, 0.5) is 4.39 Å². The van der Waals surface area contributed by atoms with Crippen LogP contribution in [-0.4, -0.2) is 50.1 Å². The third kappa shape index (κ3) is 4.09. The number of piperidine rings is 1. The second kappa shape index (κ2) is 8.57. The van der Waals surface area contributed by atoms with Gasteiger partial charge in [-0.25, -0.2) is 4.39 Å². The normalized spacial score (nSPS) is 17.7. The summed E-state index contributed by atoms with van der Waals surface area (Å²) in [6.45, 7) is 1.09. The predicted octanol–water partition coefficient (Wildman–Crippen LogP) is 3.30. The highest BCUT2D eigenvalue weighted by molar-refractivity contribution is 5.95. The zero-order chi connectivity index (χ0) is 22.0. The lowest BCUT2D eigenvalue weighted by Crippen LogP contribution is -2.49. The Morgan fingerprint density at radius 2 is 1.71 bits per heavy atom. The number of benzene rings is 2. The number of methoxy groups -OCH3 is 2. The summed E-state index contributed by atoms with van der Waals surface area (Å²) in [6.07, 6.45) is 2.66.